The fourth-order valence-corrected chi connectivity index (χ4v) is 4.77. The first-order valence-corrected chi connectivity index (χ1v) is 11.5. The highest BCUT2D eigenvalue weighted by Crippen LogP contribution is 2.25. The molecule has 31 heavy (non-hydrogen) atoms. The van der Waals surface area contributed by atoms with Gasteiger partial charge in [0.25, 0.3) is 0 Å². The van der Waals surface area contributed by atoms with E-state index in [0.717, 1.165) is 63.1 Å². The SMILES string of the molecule is Cc1ccc(NC(=O)C2CCN(C3CCN(C(=O)Cc4ccccc4)CC3)CC2)cc1. The Morgan fingerprint density at radius 3 is 2.16 bits per heavy atom. The number of carbonyl (C=O) groups is 2. The number of anilines is 1. The normalized spacial score (nSPS) is 18.7. The van der Waals surface area contributed by atoms with Crippen molar-refractivity contribution in [3.63, 3.8) is 0 Å². The molecule has 0 bridgehead atoms. The third-order valence-electron chi connectivity index (χ3n) is 6.75. The van der Waals surface area contributed by atoms with Gasteiger partial charge in [0.1, 0.15) is 0 Å². The number of hydrogen-bond donors (Lipinski definition) is 1. The van der Waals surface area contributed by atoms with Gasteiger partial charge in [0.05, 0.1) is 6.42 Å². The molecule has 0 unspecified atom stereocenters. The Hall–Kier alpha value is -2.66. The minimum Gasteiger partial charge on any atom is -0.342 e. The van der Waals surface area contributed by atoms with E-state index in [-0.39, 0.29) is 17.7 Å². The van der Waals surface area contributed by atoms with E-state index in [2.05, 4.69) is 10.2 Å². The van der Waals surface area contributed by atoms with Crippen LogP contribution < -0.4 is 5.32 Å². The topological polar surface area (TPSA) is 52.7 Å². The Kier molecular flexibility index (Phi) is 7.03. The fraction of sp³-hybridized carbons (Fsp3) is 0.462. The standard InChI is InChI=1S/C26H33N3O2/c1-20-7-9-23(10-8-20)27-26(31)22-11-15-28(16-12-22)24-13-17-29(18-14-24)25(30)19-21-5-3-2-4-6-21/h2-10,22,24H,11-19H2,1H3,(H,27,31). The van der Waals surface area contributed by atoms with Gasteiger partial charge in [-0.1, -0.05) is 48.0 Å². The molecule has 2 heterocycles. The van der Waals surface area contributed by atoms with E-state index in [1.165, 1.54) is 5.56 Å². The van der Waals surface area contributed by atoms with Gasteiger partial charge < -0.3 is 15.1 Å². The third-order valence-corrected chi connectivity index (χ3v) is 6.75. The van der Waals surface area contributed by atoms with Crippen LogP contribution in [0.5, 0.6) is 0 Å². The summed E-state index contributed by atoms with van der Waals surface area (Å²) in [4.78, 5) is 29.8. The van der Waals surface area contributed by atoms with Gasteiger partial charge in [-0.2, -0.15) is 0 Å². The average molecular weight is 420 g/mol. The first-order chi connectivity index (χ1) is 15.1. The summed E-state index contributed by atoms with van der Waals surface area (Å²) >= 11 is 0. The zero-order valence-electron chi connectivity index (χ0n) is 18.4. The molecule has 2 aromatic carbocycles. The number of hydrogen-bond acceptors (Lipinski definition) is 3. The second-order valence-electron chi connectivity index (χ2n) is 8.94. The molecular formula is C26H33N3O2. The minimum atomic E-state index is 0.0880. The molecule has 0 atom stereocenters. The number of likely N-dealkylation sites (tertiary alicyclic amines) is 2. The summed E-state index contributed by atoms with van der Waals surface area (Å²) in [6.45, 7) is 5.66. The zero-order chi connectivity index (χ0) is 21.6. The molecule has 2 aliphatic heterocycles. The molecule has 0 aliphatic carbocycles. The molecule has 0 aromatic heterocycles. The average Bonchev–Trinajstić information content (AvgIpc) is 2.81. The molecule has 2 fully saturated rings. The molecule has 0 spiro atoms. The van der Waals surface area contributed by atoms with Crippen LogP contribution in [0, 0.1) is 12.8 Å². The van der Waals surface area contributed by atoms with Crippen LogP contribution in [0.2, 0.25) is 0 Å². The van der Waals surface area contributed by atoms with Crippen LogP contribution in [0.4, 0.5) is 5.69 Å². The number of amides is 2. The molecule has 0 radical (unpaired) electrons. The second-order valence-corrected chi connectivity index (χ2v) is 8.94. The van der Waals surface area contributed by atoms with Crippen molar-refractivity contribution in [2.45, 2.75) is 45.1 Å². The maximum atomic E-state index is 12.6. The molecule has 2 aromatic rings. The van der Waals surface area contributed by atoms with Crippen LogP contribution in [-0.2, 0) is 16.0 Å². The molecule has 1 N–H and O–H groups in total. The molecule has 5 heteroatoms. The number of piperidine rings is 2. The molecule has 2 amide bonds. The predicted octanol–water partition coefficient (Wildman–Crippen LogP) is 3.88. The van der Waals surface area contributed by atoms with Gasteiger partial charge in [0, 0.05) is 30.7 Å². The van der Waals surface area contributed by atoms with E-state index in [9.17, 15) is 9.59 Å². The molecule has 2 saturated heterocycles. The summed E-state index contributed by atoms with van der Waals surface area (Å²) in [5, 5.41) is 3.07. The number of benzene rings is 2. The van der Waals surface area contributed by atoms with Crippen molar-refractivity contribution < 1.29 is 9.59 Å². The summed E-state index contributed by atoms with van der Waals surface area (Å²) in [7, 11) is 0. The van der Waals surface area contributed by atoms with Crippen LogP contribution in [0.25, 0.3) is 0 Å². The fourth-order valence-electron chi connectivity index (χ4n) is 4.77. The van der Waals surface area contributed by atoms with Gasteiger partial charge in [-0.05, 0) is 63.4 Å². The number of nitrogens with zero attached hydrogens (tertiary/aromatic N) is 2. The largest absolute Gasteiger partial charge is 0.342 e. The summed E-state index contributed by atoms with van der Waals surface area (Å²) in [6.07, 6.45) is 4.37. The van der Waals surface area contributed by atoms with E-state index < -0.39 is 0 Å². The Morgan fingerprint density at radius 1 is 0.871 bits per heavy atom. The van der Waals surface area contributed by atoms with E-state index >= 15 is 0 Å². The summed E-state index contributed by atoms with van der Waals surface area (Å²) in [5.74, 6) is 0.464. The molecule has 2 aliphatic rings. The number of aryl methyl sites for hydroxylation is 1. The lowest BCUT2D eigenvalue weighted by Gasteiger charge is -2.41. The van der Waals surface area contributed by atoms with Crippen LogP contribution in [0.3, 0.4) is 0 Å². The van der Waals surface area contributed by atoms with Gasteiger partial charge in [0.2, 0.25) is 11.8 Å². The lowest BCUT2D eigenvalue weighted by Crippen LogP contribution is -2.50. The lowest BCUT2D eigenvalue weighted by molar-refractivity contribution is -0.132. The van der Waals surface area contributed by atoms with Crippen molar-refractivity contribution in [1.29, 1.82) is 0 Å². The van der Waals surface area contributed by atoms with Crippen molar-refractivity contribution in [3.8, 4) is 0 Å². The molecular weight excluding hydrogens is 386 g/mol. The van der Waals surface area contributed by atoms with Crippen LogP contribution in [0.1, 0.15) is 36.8 Å². The van der Waals surface area contributed by atoms with Gasteiger partial charge in [0.15, 0.2) is 0 Å². The lowest BCUT2D eigenvalue weighted by atomic mass is 9.92. The van der Waals surface area contributed by atoms with Crippen LogP contribution >= 0.6 is 0 Å². The highest BCUT2D eigenvalue weighted by atomic mass is 16.2. The maximum absolute atomic E-state index is 12.6. The quantitative estimate of drug-likeness (QED) is 0.800. The van der Waals surface area contributed by atoms with Crippen molar-refractivity contribution >= 4 is 17.5 Å². The molecule has 5 nitrogen and oxygen atoms in total. The molecule has 164 valence electrons. The van der Waals surface area contributed by atoms with Gasteiger partial charge in [-0.3, -0.25) is 9.59 Å². The summed E-state index contributed by atoms with van der Waals surface area (Å²) in [5.41, 5.74) is 3.16. The first-order valence-electron chi connectivity index (χ1n) is 11.5. The van der Waals surface area contributed by atoms with Crippen LogP contribution in [-0.4, -0.2) is 53.8 Å². The van der Waals surface area contributed by atoms with Crippen LogP contribution in [0.15, 0.2) is 54.6 Å². The number of carbonyl (C=O) groups excluding carboxylic acids is 2. The van der Waals surface area contributed by atoms with Gasteiger partial charge in [-0.15, -0.1) is 0 Å². The predicted molar refractivity (Wildman–Crippen MR) is 124 cm³/mol. The number of rotatable bonds is 5. The Morgan fingerprint density at radius 2 is 1.52 bits per heavy atom. The maximum Gasteiger partial charge on any atom is 0.227 e. The monoisotopic (exact) mass is 419 g/mol. The van der Waals surface area contributed by atoms with E-state index in [4.69, 9.17) is 0 Å². The van der Waals surface area contributed by atoms with Crippen molar-refractivity contribution in [2.75, 3.05) is 31.5 Å². The van der Waals surface area contributed by atoms with E-state index in [1.807, 2.05) is 66.4 Å². The van der Waals surface area contributed by atoms with E-state index in [0.29, 0.717) is 12.5 Å². The zero-order valence-corrected chi connectivity index (χ0v) is 18.4. The molecule has 0 saturated carbocycles. The third kappa shape index (κ3) is 5.73. The van der Waals surface area contributed by atoms with Crippen molar-refractivity contribution in [1.82, 2.24) is 9.80 Å². The summed E-state index contributed by atoms with van der Waals surface area (Å²) < 4.78 is 0. The smallest absolute Gasteiger partial charge is 0.227 e. The van der Waals surface area contributed by atoms with Crippen molar-refractivity contribution in [2.24, 2.45) is 5.92 Å². The van der Waals surface area contributed by atoms with Crippen molar-refractivity contribution in [3.05, 3.63) is 65.7 Å². The first kappa shape index (κ1) is 21.6. The van der Waals surface area contributed by atoms with Gasteiger partial charge >= 0.3 is 0 Å². The summed E-state index contributed by atoms with van der Waals surface area (Å²) in [6, 6.07) is 18.5. The Bertz CT molecular complexity index is 865. The second kappa shape index (κ2) is 10.1. The highest BCUT2D eigenvalue weighted by Gasteiger charge is 2.31. The Balaban J connectivity index is 1.20. The van der Waals surface area contributed by atoms with E-state index in [1.54, 1.807) is 0 Å². The number of nitrogens with one attached hydrogen (secondary N) is 1. The highest BCUT2D eigenvalue weighted by molar-refractivity contribution is 5.92. The minimum absolute atomic E-state index is 0.0880. The molecule has 4 rings (SSSR count). The Labute approximate surface area is 185 Å². The van der Waals surface area contributed by atoms with Gasteiger partial charge in [-0.25, -0.2) is 0 Å².